The summed E-state index contributed by atoms with van der Waals surface area (Å²) in [5.74, 6) is 0.982. The van der Waals surface area contributed by atoms with E-state index < -0.39 is 11.7 Å². The van der Waals surface area contributed by atoms with E-state index in [1.165, 1.54) is 10.5 Å². The molecule has 4 rings (SSSR count). The summed E-state index contributed by atoms with van der Waals surface area (Å²) in [6.07, 6.45) is -0.154. The van der Waals surface area contributed by atoms with Gasteiger partial charge < -0.3 is 4.90 Å². The summed E-state index contributed by atoms with van der Waals surface area (Å²) < 4.78 is 40.6. The predicted molar refractivity (Wildman–Crippen MR) is 91.1 cm³/mol. The lowest BCUT2D eigenvalue weighted by Crippen LogP contribution is -2.36. The minimum Gasteiger partial charge on any atom is -0.355 e. The number of halogens is 3. The molecule has 0 spiro atoms. The first kappa shape index (κ1) is 17.3. The first-order chi connectivity index (χ1) is 13.0. The average Bonchev–Trinajstić information content (AvgIpc) is 3.10. The van der Waals surface area contributed by atoms with Crippen molar-refractivity contribution in [3.8, 4) is 6.07 Å². The number of piperidine rings is 1. The molecule has 1 saturated heterocycles. The van der Waals surface area contributed by atoms with Gasteiger partial charge in [0.05, 0.1) is 11.1 Å². The van der Waals surface area contributed by atoms with Crippen molar-refractivity contribution < 1.29 is 13.2 Å². The number of nitriles is 1. The second-order valence-electron chi connectivity index (χ2n) is 6.47. The van der Waals surface area contributed by atoms with Crippen LogP contribution in [-0.4, -0.2) is 32.7 Å². The Labute approximate surface area is 152 Å². The number of fused-ring (bicyclic) bond motifs is 1. The van der Waals surface area contributed by atoms with Crippen molar-refractivity contribution in [2.45, 2.75) is 24.9 Å². The van der Waals surface area contributed by atoms with Crippen LogP contribution in [0.2, 0.25) is 0 Å². The quantitative estimate of drug-likeness (QED) is 0.690. The maximum atomic E-state index is 13.1. The topological polar surface area (TPSA) is 70.1 Å². The molecule has 0 amide bonds. The van der Waals surface area contributed by atoms with Crippen molar-refractivity contribution in [1.82, 2.24) is 19.6 Å². The van der Waals surface area contributed by atoms with Crippen LogP contribution in [0, 0.1) is 11.3 Å². The molecule has 0 aliphatic carbocycles. The number of pyridine rings is 2. The molecule has 27 heavy (non-hydrogen) atoms. The zero-order valence-electron chi connectivity index (χ0n) is 14.2. The molecule has 1 fully saturated rings. The van der Waals surface area contributed by atoms with Crippen molar-refractivity contribution in [2.75, 3.05) is 18.0 Å². The van der Waals surface area contributed by atoms with Crippen LogP contribution >= 0.6 is 0 Å². The SMILES string of the molecule is N#Cc1cccnc1N1CCCC(c2nnc3ccc(C(F)(F)F)cn23)C1. The molecule has 0 bridgehead atoms. The van der Waals surface area contributed by atoms with E-state index in [9.17, 15) is 18.4 Å². The summed E-state index contributed by atoms with van der Waals surface area (Å²) >= 11 is 0. The largest absolute Gasteiger partial charge is 0.417 e. The molecule has 9 heteroatoms. The number of alkyl halides is 3. The number of aromatic nitrogens is 4. The normalized spacial score (nSPS) is 17.9. The average molecular weight is 372 g/mol. The molecule has 1 aliphatic rings. The van der Waals surface area contributed by atoms with E-state index in [1.54, 1.807) is 18.3 Å². The van der Waals surface area contributed by atoms with Crippen LogP contribution in [0.25, 0.3) is 5.65 Å². The van der Waals surface area contributed by atoms with Crippen LogP contribution < -0.4 is 4.90 Å². The van der Waals surface area contributed by atoms with Gasteiger partial charge in [0.25, 0.3) is 0 Å². The number of hydrogen-bond donors (Lipinski definition) is 0. The molecule has 6 nitrogen and oxygen atoms in total. The van der Waals surface area contributed by atoms with E-state index in [0.29, 0.717) is 29.4 Å². The van der Waals surface area contributed by atoms with Crippen LogP contribution in [0.1, 0.15) is 35.7 Å². The molecular formula is C18H15F3N6. The molecule has 3 aromatic heterocycles. The maximum Gasteiger partial charge on any atom is 0.417 e. The Morgan fingerprint density at radius 2 is 2.04 bits per heavy atom. The van der Waals surface area contributed by atoms with Gasteiger partial charge in [-0.05, 0) is 37.1 Å². The van der Waals surface area contributed by atoms with Crippen molar-refractivity contribution in [3.05, 3.63) is 53.6 Å². The second-order valence-corrected chi connectivity index (χ2v) is 6.47. The molecule has 4 heterocycles. The van der Waals surface area contributed by atoms with Gasteiger partial charge in [-0.3, -0.25) is 4.40 Å². The Balaban J connectivity index is 1.68. The smallest absolute Gasteiger partial charge is 0.355 e. The highest BCUT2D eigenvalue weighted by Crippen LogP contribution is 2.32. The summed E-state index contributed by atoms with van der Waals surface area (Å²) in [6.45, 7) is 1.25. The van der Waals surface area contributed by atoms with E-state index in [4.69, 9.17) is 0 Å². The Morgan fingerprint density at radius 1 is 1.19 bits per heavy atom. The fraction of sp³-hybridized carbons (Fsp3) is 0.333. The van der Waals surface area contributed by atoms with Crippen LogP contribution in [-0.2, 0) is 6.18 Å². The molecule has 1 aliphatic heterocycles. The monoisotopic (exact) mass is 372 g/mol. The molecule has 1 unspecified atom stereocenters. The van der Waals surface area contributed by atoms with Crippen molar-refractivity contribution in [2.24, 2.45) is 0 Å². The van der Waals surface area contributed by atoms with Gasteiger partial charge in [0.2, 0.25) is 0 Å². The number of hydrogen-bond acceptors (Lipinski definition) is 5. The van der Waals surface area contributed by atoms with Gasteiger partial charge in [-0.15, -0.1) is 10.2 Å². The first-order valence-corrected chi connectivity index (χ1v) is 8.49. The van der Waals surface area contributed by atoms with Crippen molar-refractivity contribution in [3.63, 3.8) is 0 Å². The molecule has 0 radical (unpaired) electrons. The minimum absolute atomic E-state index is 0.106. The van der Waals surface area contributed by atoms with Gasteiger partial charge in [-0.2, -0.15) is 18.4 Å². The highest BCUT2D eigenvalue weighted by molar-refractivity contribution is 5.54. The summed E-state index contributed by atoms with van der Waals surface area (Å²) in [5, 5.41) is 17.5. The molecule has 1 atom stereocenters. The van der Waals surface area contributed by atoms with Gasteiger partial charge in [0.15, 0.2) is 5.65 Å². The fourth-order valence-electron chi connectivity index (χ4n) is 3.47. The number of nitrogens with zero attached hydrogens (tertiary/aromatic N) is 6. The Hall–Kier alpha value is -3.15. The Morgan fingerprint density at radius 3 is 2.81 bits per heavy atom. The Kier molecular flexibility index (Phi) is 4.18. The van der Waals surface area contributed by atoms with Gasteiger partial charge in [0.1, 0.15) is 17.7 Å². The highest BCUT2D eigenvalue weighted by atomic mass is 19.4. The van der Waals surface area contributed by atoms with E-state index in [1.807, 2.05) is 4.90 Å². The lowest BCUT2D eigenvalue weighted by molar-refractivity contribution is -0.137. The highest BCUT2D eigenvalue weighted by Gasteiger charge is 2.32. The van der Waals surface area contributed by atoms with Crippen LogP contribution in [0.4, 0.5) is 19.0 Å². The van der Waals surface area contributed by atoms with Crippen LogP contribution in [0.5, 0.6) is 0 Å². The third kappa shape index (κ3) is 3.18. The summed E-state index contributed by atoms with van der Waals surface area (Å²) in [4.78, 5) is 6.30. The summed E-state index contributed by atoms with van der Waals surface area (Å²) in [6, 6.07) is 7.87. The number of rotatable bonds is 2. The Bertz CT molecular complexity index is 1020. The third-order valence-corrected chi connectivity index (χ3v) is 4.75. The van der Waals surface area contributed by atoms with Crippen LogP contribution in [0.15, 0.2) is 36.7 Å². The molecule has 0 aromatic carbocycles. The lowest BCUT2D eigenvalue weighted by atomic mass is 9.96. The van der Waals surface area contributed by atoms with E-state index in [-0.39, 0.29) is 5.92 Å². The first-order valence-electron chi connectivity index (χ1n) is 8.49. The minimum atomic E-state index is -4.43. The summed E-state index contributed by atoms with van der Waals surface area (Å²) in [5.41, 5.74) is 0.120. The summed E-state index contributed by atoms with van der Waals surface area (Å²) in [7, 11) is 0. The fourth-order valence-corrected chi connectivity index (χ4v) is 3.47. The van der Waals surface area contributed by atoms with Gasteiger partial charge in [-0.25, -0.2) is 4.98 Å². The molecule has 138 valence electrons. The molecule has 0 saturated carbocycles. The molecule has 3 aromatic rings. The lowest BCUT2D eigenvalue weighted by Gasteiger charge is -2.33. The number of anilines is 1. The predicted octanol–water partition coefficient (Wildman–Crippen LogP) is 3.40. The standard InChI is InChI=1S/C18H15F3N6/c19-18(20,21)14-5-6-15-24-25-17(27(15)11-14)13-4-2-8-26(10-13)16-12(9-22)3-1-7-23-16/h1,3,5-7,11,13H,2,4,8,10H2. The van der Waals surface area contributed by atoms with Crippen molar-refractivity contribution in [1.29, 1.82) is 5.26 Å². The second kappa shape index (κ2) is 6.54. The molecular weight excluding hydrogens is 357 g/mol. The zero-order chi connectivity index (χ0) is 19.0. The van der Waals surface area contributed by atoms with Crippen molar-refractivity contribution >= 4 is 11.5 Å². The third-order valence-electron chi connectivity index (χ3n) is 4.75. The van der Waals surface area contributed by atoms with Gasteiger partial charge >= 0.3 is 6.18 Å². The van der Waals surface area contributed by atoms with E-state index >= 15 is 0 Å². The van der Waals surface area contributed by atoms with Gasteiger partial charge in [0, 0.05) is 31.4 Å². The van der Waals surface area contributed by atoms with E-state index in [2.05, 4.69) is 21.3 Å². The molecule has 0 N–H and O–H groups in total. The zero-order valence-corrected chi connectivity index (χ0v) is 14.2. The van der Waals surface area contributed by atoms with Gasteiger partial charge in [-0.1, -0.05) is 0 Å². The maximum absolute atomic E-state index is 13.1. The van der Waals surface area contributed by atoms with E-state index in [0.717, 1.165) is 31.6 Å². The van der Waals surface area contributed by atoms with Crippen LogP contribution in [0.3, 0.4) is 0 Å².